The molecule has 0 amide bonds. The summed E-state index contributed by atoms with van der Waals surface area (Å²) >= 11 is 1.47. The van der Waals surface area contributed by atoms with E-state index >= 15 is 0 Å². The highest BCUT2D eigenvalue weighted by Crippen LogP contribution is 2.30. The number of alkyl halides is 3. The Labute approximate surface area is 212 Å². The fourth-order valence-electron chi connectivity index (χ4n) is 4.13. The number of phenols is 1. The molecule has 3 aromatic rings. The van der Waals surface area contributed by atoms with Gasteiger partial charge in [-0.15, -0.1) is 0 Å². The molecule has 1 saturated heterocycles. The minimum atomic E-state index is -4.32. The van der Waals surface area contributed by atoms with Crippen LogP contribution in [0, 0.1) is 0 Å². The first kappa shape index (κ1) is 26.1. The fourth-order valence-corrected chi connectivity index (χ4v) is 4.99. The molecule has 2 heterocycles. The van der Waals surface area contributed by atoms with Crippen molar-refractivity contribution in [1.29, 1.82) is 0 Å². The van der Waals surface area contributed by atoms with E-state index < -0.39 is 11.7 Å². The number of phenolic OH excluding ortho intramolecular Hbond substituents is 1. The zero-order valence-corrected chi connectivity index (χ0v) is 20.5. The van der Waals surface area contributed by atoms with Crippen LogP contribution in [0.25, 0.3) is 0 Å². The lowest BCUT2D eigenvalue weighted by molar-refractivity contribution is -0.137. The summed E-state index contributed by atoms with van der Waals surface area (Å²) in [5.74, 6) is 1.53. The van der Waals surface area contributed by atoms with Crippen molar-refractivity contribution in [1.82, 2.24) is 19.8 Å². The molecule has 11 heteroatoms. The maximum Gasteiger partial charge on any atom is 0.416 e. The number of benzene rings is 2. The summed E-state index contributed by atoms with van der Waals surface area (Å²) < 4.78 is 38.9. The molecular formula is C25H29F3N6OS. The molecule has 1 fully saturated rings. The van der Waals surface area contributed by atoms with Gasteiger partial charge in [-0.1, -0.05) is 48.2 Å². The van der Waals surface area contributed by atoms with Gasteiger partial charge >= 0.3 is 6.18 Å². The molecule has 4 rings (SSSR count). The van der Waals surface area contributed by atoms with Crippen LogP contribution in [0.1, 0.15) is 22.3 Å². The zero-order chi connectivity index (χ0) is 25.7. The van der Waals surface area contributed by atoms with Crippen LogP contribution in [0.2, 0.25) is 0 Å². The van der Waals surface area contributed by atoms with Crippen LogP contribution in [0.3, 0.4) is 0 Å². The van der Waals surface area contributed by atoms with Gasteiger partial charge in [-0.2, -0.15) is 13.2 Å². The molecule has 0 radical (unpaired) electrons. The average Bonchev–Trinajstić information content (AvgIpc) is 2.83. The number of piperazine rings is 1. The molecule has 2 aromatic carbocycles. The lowest BCUT2D eigenvalue weighted by Crippen LogP contribution is -2.46. The predicted octanol–water partition coefficient (Wildman–Crippen LogP) is 3.87. The Hall–Kier alpha value is -3.02. The van der Waals surface area contributed by atoms with E-state index in [1.54, 1.807) is 24.3 Å². The van der Waals surface area contributed by atoms with Gasteiger partial charge in [0.25, 0.3) is 0 Å². The predicted molar refractivity (Wildman–Crippen MR) is 136 cm³/mol. The van der Waals surface area contributed by atoms with E-state index in [0.29, 0.717) is 46.4 Å². The lowest BCUT2D eigenvalue weighted by atomic mass is 10.1. The number of anilines is 2. The number of halogens is 3. The van der Waals surface area contributed by atoms with Crippen molar-refractivity contribution in [2.45, 2.75) is 24.3 Å². The number of thioether (sulfide) groups is 1. The van der Waals surface area contributed by atoms with E-state index in [0.717, 1.165) is 44.5 Å². The minimum absolute atomic E-state index is 0.171. The third-order valence-electron chi connectivity index (χ3n) is 6.17. The summed E-state index contributed by atoms with van der Waals surface area (Å²) in [4.78, 5) is 13.3. The van der Waals surface area contributed by atoms with Crippen LogP contribution >= 0.6 is 11.8 Å². The number of rotatable bonds is 8. The first-order valence-corrected chi connectivity index (χ1v) is 12.6. The Morgan fingerprint density at radius 1 is 0.917 bits per heavy atom. The molecule has 0 bridgehead atoms. The number of aromatic nitrogens is 2. The molecule has 0 saturated carbocycles. The van der Waals surface area contributed by atoms with Gasteiger partial charge in [-0.05, 0) is 23.3 Å². The highest BCUT2D eigenvalue weighted by atomic mass is 32.2. The maximum atomic E-state index is 13.0. The van der Waals surface area contributed by atoms with E-state index in [1.165, 1.54) is 23.9 Å². The number of aromatic hydroxyl groups is 1. The molecule has 7 nitrogen and oxygen atoms in total. The number of hydrogen-bond donors (Lipinski definition) is 3. The third kappa shape index (κ3) is 6.80. The number of nitrogens with zero attached hydrogens (tertiary/aromatic N) is 4. The standard InChI is InChI=1S/C25H29F3N6OS/c26-25(27,28)19-6-3-4-17(14-19)16-34-10-8-33(9-11-34)12-13-36-24-31-22(29)20(23(30)32-24)15-18-5-1-2-7-21(18)35/h1-7,14,35H,8-13,15-16H2,(H4,29,30,31,32). The van der Waals surface area contributed by atoms with E-state index in [1.807, 2.05) is 6.07 Å². The Morgan fingerprint density at radius 2 is 1.58 bits per heavy atom. The molecule has 0 aliphatic carbocycles. The SMILES string of the molecule is Nc1nc(SCCN2CCN(Cc3cccc(C(F)(F)F)c3)CC2)nc(N)c1Cc1ccccc1O. The Bertz CT molecular complexity index is 1160. The topological polar surface area (TPSA) is 105 Å². The lowest BCUT2D eigenvalue weighted by Gasteiger charge is -2.34. The van der Waals surface area contributed by atoms with E-state index in [4.69, 9.17) is 11.5 Å². The molecule has 1 aromatic heterocycles. The zero-order valence-electron chi connectivity index (χ0n) is 19.7. The van der Waals surface area contributed by atoms with Crippen molar-refractivity contribution < 1.29 is 18.3 Å². The van der Waals surface area contributed by atoms with Gasteiger partial charge in [-0.3, -0.25) is 9.80 Å². The number of nitrogen functional groups attached to an aromatic ring is 2. The first-order valence-electron chi connectivity index (χ1n) is 11.6. The van der Waals surface area contributed by atoms with Crippen molar-refractivity contribution in [3.8, 4) is 5.75 Å². The minimum Gasteiger partial charge on any atom is -0.508 e. The maximum absolute atomic E-state index is 13.0. The van der Waals surface area contributed by atoms with Gasteiger partial charge < -0.3 is 16.6 Å². The van der Waals surface area contributed by atoms with Crippen LogP contribution in [0.4, 0.5) is 24.8 Å². The Kier molecular flexibility index (Phi) is 8.22. The van der Waals surface area contributed by atoms with Gasteiger partial charge in [0, 0.05) is 57.0 Å². The molecule has 1 aliphatic heterocycles. The highest BCUT2D eigenvalue weighted by Gasteiger charge is 2.30. The van der Waals surface area contributed by atoms with E-state index in [2.05, 4.69) is 19.8 Å². The summed E-state index contributed by atoms with van der Waals surface area (Å²) in [6.45, 7) is 4.59. The van der Waals surface area contributed by atoms with Gasteiger partial charge in [0.05, 0.1) is 5.56 Å². The van der Waals surface area contributed by atoms with E-state index in [-0.39, 0.29) is 5.75 Å². The second kappa shape index (κ2) is 11.4. The monoisotopic (exact) mass is 518 g/mol. The second-order valence-electron chi connectivity index (χ2n) is 8.73. The smallest absolute Gasteiger partial charge is 0.416 e. The number of nitrogens with two attached hydrogens (primary N) is 2. The normalized spacial score (nSPS) is 15.3. The number of hydrogen-bond acceptors (Lipinski definition) is 8. The van der Waals surface area contributed by atoms with Crippen LogP contribution in [-0.4, -0.2) is 63.4 Å². The Morgan fingerprint density at radius 3 is 2.25 bits per heavy atom. The molecule has 36 heavy (non-hydrogen) atoms. The van der Waals surface area contributed by atoms with Crippen LogP contribution < -0.4 is 11.5 Å². The van der Waals surface area contributed by atoms with Gasteiger partial charge in [-0.25, -0.2) is 9.97 Å². The van der Waals surface area contributed by atoms with Crippen molar-refractivity contribution in [2.24, 2.45) is 0 Å². The van der Waals surface area contributed by atoms with Gasteiger partial charge in [0.15, 0.2) is 5.16 Å². The molecule has 192 valence electrons. The summed E-state index contributed by atoms with van der Waals surface area (Å²) in [5.41, 5.74) is 13.6. The summed E-state index contributed by atoms with van der Waals surface area (Å²) in [5, 5.41) is 10.5. The van der Waals surface area contributed by atoms with Gasteiger partial charge in [0.1, 0.15) is 17.4 Å². The second-order valence-corrected chi connectivity index (χ2v) is 9.79. The van der Waals surface area contributed by atoms with Crippen LogP contribution in [-0.2, 0) is 19.1 Å². The Balaban J connectivity index is 1.24. The van der Waals surface area contributed by atoms with Crippen molar-refractivity contribution in [2.75, 3.05) is 49.9 Å². The molecule has 5 N–H and O–H groups in total. The quantitative estimate of drug-likeness (QED) is 0.305. The van der Waals surface area contributed by atoms with Crippen LogP contribution in [0.15, 0.2) is 53.7 Å². The average molecular weight is 519 g/mol. The molecule has 0 atom stereocenters. The number of para-hydroxylation sites is 1. The van der Waals surface area contributed by atoms with Crippen molar-refractivity contribution in [3.63, 3.8) is 0 Å². The largest absolute Gasteiger partial charge is 0.508 e. The summed E-state index contributed by atoms with van der Waals surface area (Å²) in [6, 6.07) is 12.5. The third-order valence-corrected chi connectivity index (χ3v) is 7.00. The first-order chi connectivity index (χ1) is 17.2. The van der Waals surface area contributed by atoms with Crippen molar-refractivity contribution >= 4 is 23.4 Å². The molecule has 1 aliphatic rings. The molecule has 0 unspecified atom stereocenters. The fraction of sp³-hybridized carbons (Fsp3) is 0.360. The highest BCUT2D eigenvalue weighted by molar-refractivity contribution is 7.99. The molecule has 0 spiro atoms. The van der Waals surface area contributed by atoms with Crippen LogP contribution in [0.5, 0.6) is 5.75 Å². The molecular weight excluding hydrogens is 489 g/mol. The summed E-state index contributed by atoms with van der Waals surface area (Å²) in [6.07, 6.45) is -3.98. The van der Waals surface area contributed by atoms with Crippen molar-refractivity contribution in [3.05, 3.63) is 70.8 Å². The van der Waals surface area contributed by atoms with E-state index in [9.17, 15) is 18.3 Å². The van der Waals surface area contributed by atoms with Gasteiger partial charge in [0.2, 0.25) is 0 Å². The summed E-state index contributed by atoms with van der Waals surface area (Å²) in [7, 11) is 0.